The first-order valence-electron chi connectivity index (χ1n) is 11.6. The monoisotopic (exact) mass is 490 g/mol. The molecule has 0 atom stereocenters. The Bertz CT molecular complexity index is 1890. The molecule has 4 aromatic heterocycles. The highest BCUT2D eigenvalue weighted by atomic mass is 16.3. The molecule has 182 valence electrons. The van der Waals surface area contributed by atoms with Crippen LogP contribution in [0.25, 0.3) is 39.0 Å². The number of aryl methyl sites for hydroxylation is 2. The van der Waals surface area contributed by atoms with Crippen LogP contribution in [0.3, 0.4) is 0 Å². The first-order chi connectivity index (χ1) is 17.9. The highest BCUT2D eigenvalue weighted by Crippen LogP contribution is 2.32. The first-order valence-corrected chi connectivity index (χ1v) is 11.6. The van der Waals surface area contributed by atoms with Gasteiger partial charge in [0.1, 0.15) is 36.0 Å². The second-order valence-electron chi connectivity index (χ2n) is 8.80. The molecule has 0 spiro atoms. The zero-order valence-electron chi connectivity index (χ0n) is 20.1. The molecule has 6 aromatic rings. The van der Waals surface area contributed by atoms with Gasteiger partial charge in [0, 0.05) is 11.8 Å². The summed E-state index contributed by atoms with van der Waals surface area (Å²) in [5.41, 5.74) is 10.5. The van der Waals surface area contributed by atoms with Gasteiger partial charge in [-0.05, 0) is 49.2 Å². The van der Waals surface area contributed by atoms with Gasteiger partial charge in [0.2, 0.25) is 0 Å². The average molecular weight is 491 g/mol. The number of hydrogen-bond donors (Lipinski definition) is 2. The quantitative estimate of drug-likeness (QED) is 0.383. The summed E-state index contributed by atoms with van der Waals surface area (Å²) < 4.78 is 3.25. The van der Waals surface area contributed by atoms with E-state index in [0.29, 0.717) is 39.1 Å². The molecule has 0 radical (unpaired) electrons. The van der Waals surface area contributed by atoms with Crippen molar-refractivity contribution in [2.45, 2.75) is 20.4 Å². The molecule has 0 fully saturated rings. The van der Waals surface area contributed by atoms with Crippen molar-refractivity contribution in [3.05, 3.63) is 94.4 Å². The van der Waals surface area contributed by atoms with Gasteiger partial charge in [0.05, 0.1) is 16.5 Å². The zero-order chi connectivity index (χ0) is 25.7. The number of hydrogen-bond acceptors (Lipinski definition) is 8. The van der Waals surface area contributed by atoms with E-state index in [9.17, 15) is 9.90 Å². The summed E-state index contributed by atoms with van der Waals surface area (Å²) >= 11 is 0. The van der Waals surface area contributed by atoms with E-state index < -0.39 is 0 Å². The topological polar surface area (TPSA) is 138 Å². The smallest absolute Gasteiger partial charge is 0.267 e. The van der Waals surface area contributed by atoms with Gasteiger partial charge in [-0.15, -0.1) is 0 Å². The maximum atomic E-state index is 13.9. The summed E-state index contributed by atoms with van der Waals surface area (Å²) in [6.07, 6.45) is 3.01. The minimum Gasteiger partial charge on any atom is -0.508 e. The van der Waals surface area contributed by atoms with Crippen molar-refractivity contribution in [2.24, 2.45) is 0 Å². The van der Waals surface area contributed by atoms with Crippen molar-refractivity contribution < 1.29 is 5.11 Å². The molecule has 0 aliphatic rings. The predicted molar refractivity (Wildman–Crippen MR) is 141 cm³/mol. The van der Waals surface area contributed by atoms with Gasteiger partial charge in [0.25, 0.3) is 5.56 Å². The van der Waals surface area contributed by atoms with Gasteiger partial charge < -0.3 is 10.8 Å². The molecule has 0 amide bonds. The summed E-state index contributed by atoms with van der Waals surface area (Å²) in [6, 6.07) is 16.2. The fourth-order valence-electron chi connectivity index (χ4n) is 4.59. The van der Waals surface area contributed by atoms with Crippen molar-refractivity contribution in [3.8, 4) is 22.7 Å². The maximum absolute atomic E-state index is 13.9. The zero-order valence-corrected chi connectivity index (χ0v) is 20.1. The van der Waals surface area contributed by atoms with Gasteiger partial charge >= 0.3 is 0 Å². The molecule has 0 bridgehead atoms. The Hall–Kier alpha value is -5.12. The van der Waals surface area contributed by atoms with E-state index in [2.05, 4.69) is 15.0 Å². The van der Waals surface area contributed by atoms with Crippen molar-refractivity contribution in [1.29, 1.82) is 0 Å². The Labute approximate surface area is 210 Å². The second-order valence-corrected chi connectivity index (χ2v) is 8.80. The molecule has 0 aliphatic heterocycles. The maximum Gasteiger partial charge on any atom is 0.267 e. The Morgan fingerprint density at radius 1 is 0.946 bits per heavy atom. The molecule has 0 aliphatic carbocycles. The molecule has 2 aromatic carbocycles. The number of aromatic hydroxyl groups is 1. The molecule has 0 saturated carbocycles. The molecule has 0 unspecified atom stereocenters. The number of aromatic nitrogens is 7. The molecular formula is C27H22N8O2. The highest BCUT2D eigenvalue weighted by Gasteiger charge is 2.21. The van der Waals surface area contributed by atoms with Crippen molar-refractivity contribution in [2.75, 3.05) is 5.73 Å². The number of pyridine rings is 1. The largest absolute Gasteiger partial charge is 0.508 e. The molecule has 0 saturated heterocycles. The van der Waals surface area contributed by atoms with Gasteiger partial charge in [-0.3, -0.25) is 9.36 Å². The van der Waals surface area contributed by atoms with Gasteiger partial charge in [0.15, 0.2) is 11.3 Å². The minimum atomic E-state index is -0.210. The number of anilines is 1. The minimum absolute atomic E-state index is 0.0988. The van der Waals surface area contributed by atoms with Gasteiger partial charge in [-0.25, -0.2) is 24.6 Å². The van der Waals surface area contributed by atoms with Crippen LogP contribution in [0.2, 0.25) is 0 Å². The van der Waals surface area contributed by atoms with E-state index in [0.717, 1.165) is 16.8 Å². The number of phenols is 1. The van der Waals surface area contributed by atoms with Crippen LogP contribution in [0, 0.1) is 13.8 Å². The van der Waals surface area contributed by atoms with Crippen LogP contribution in [0.1, 0.15) is 17.0 Å². The molecule has 3 N–H and O–H groups in total. The van der Waals surface area contributed by atoms with Gasteiger partial charge in [-0.2, -0.15) is 5.10 Å². The lowest BCUT2D eigenvalue weighted by Crippen LogP contribution is -2.27. The van der Waals surface area contributed by atoms with Crippen LogP contribution in [0.15, 0.2) is 71.9 Å². The van der Waals surface area contributed by atoms with Gasteiger partial charge in [-0.1, -0.05) is 30.3 Å². The second kappa shape index (κ2) is 8.52. The number of benzene rings is 2. The molecule has 10 nitrogen and oxygen atoms in total. The molecule has 4 heterocycles. The molecule has 37 heavy (non-hydrogen) atoms. The summed E-state index contributed by atoms with van der Waals surface area (Å²) in [5, 5.41) is 15.8. The SMILES string of the molecule is Cc1ccccc1-n1c(Cn2nc(-c3cccc(O)c3)c3c(N)ncnc32)nc2nccc(C)c2c1=O. The lowest BCUT2D eigenvalue weighted by atomic mass is 10.1. The van der Waals surface area contributed by atoms with E-state index in [1.807, 2.05) is 44.2 Å². The summed E-state index contributed by atoms with van der Waals surface area (Å²) in [7, 11) is 0. The highest BCUT2D eigenvalue weighted by molar-refractivity contribution is 5.98. The summed E-state index contributed by atoms with van der Waals surface area (Å²) in [4.78, 5) is 31.6. The normalized spacial score (nSPS) is 11.4. The third-order valence-corrected chi connectivity index (χ3v) is 6.38. The Morgan fingerprint density at radius 3 is 2.59 bits per heavy atom. The molecular weight excluding hydrogens is 468 g/mol. The number of rotatable bonds is 4. The van der Waals surface area contributed by atoms with E-state index in [1.165, 1.54) is 6.33 Å². The van der Waals surface area contributed by atoms with Crippen LogP contribution in [0.4, 0.5) is 5.82 Å². The predicted octanol–water partition coefficient (Wildman–Crippen LogP) is 3.54. The van der Waals surface area contributed by atoms with Crippen LogP contribution in [0.5, 0.6) is 5.75 Å². The Morgan fingerprint density at radius 2 is 1.78 bits per heavy atom. The lowest BCUT2D eigenvalue weighted by molar-refractivity contribution is 0.475. The molecule has 10 heteroatoms. The standard InChI is InChI=1S/C27H22N8O2/c1-15-6-3-4-9-19(15)35-20(32-25-21(27(35)37)16(2)10-11-29-25)13-34-26-22(24(28)30-14-31-26)23(33-34)17-7-5-8-18(36)12-17/h3-12,14,36H,13H2,1-2H3,(H2,28,30,31). The van der Waals surface area contributed by atoms with E-state index in [1.54, 1.807) is 39.7 Å². The number of nitrogen functional groups attached to an aromatic ring is 1. The summed E-state index contributed by atoms with van der Waals surface area (Å²) in [6.45, 7) is 3.93. The Balaban J connectivity index is 1.63. The molecule has 6 rings (SSSR count). The van der Waals surface area contributed by atoms with Crippen LogP contribution < -0.4 is 11.3 Å². The fraction of sp³-hybridized carbons (Fsp3) is 0.111. The van der Waals surface area contributed by atoms with Crippen molar-refractivity contribution >= 4 is 27.9 Å². The third kappa shape index (κ3) is 3.66. The Kier molecular flexibility index (Phi) is 5.15. The third-order valence-electron chi connectivity index (χ3n) is 6.38. The van der Waals surface area contributed by atoms with Crippen LogP contribution >= 0.6 is 0 Å². The number of nitrogens with two attached hydrogens (primary N) is 1. The van der Waals surface area contributed by atoms with E-state index in [-0.39, 0.29) is 23.7 Å². The number of fused-ring (bicyclic) bond motifs is 2. The number of phenolic OH excluding ortho intramolecular Hbond substituents is 1. The fourth-order valence-corrected chi connectivity index (χ4v) is 4.59. The number of para-hydroxylation sites is 1. The summed E-state index contributed by atoms with van der Waals surface area (Å²) in [5.74, 6) is 0.797. The van der Waals surface area contributed by atoms with E-state index >= 15 is 0 Å². The van der Waals surface area contributed by atoms with Crippen LogP contribution in [-0.2, 0) is 6.54 Å². The number of nitrogens with zero attached hydrogens (tertiary/aromatic N) is 7. The van der Waals surface area contributed by atoms with E-state index in [4.69, 9.17) is 15.8 Å². The van der Waals surface area contributed by atoms with Crippen molar-refractivity contribution in [3.63, 3.8) is 0 Å². The lowest BCUT2D eigenvalue weighted by Gasteiger charge is -2.16. The van der Waals surface area contributed by atoms with Crippen LogP contribution in [-0.4, -0.2) is 39.4 Å². The average Bonchev–Trinajstić information content (AvgIpc) is 3.25. The first kappa shape index (κ1) is 22.4. The van der Waals surface area contributed by atoms with Crippen molar-refractivity contribution in [1.82, 2.24) is 34.3 Å².